The van der Waals surface area contributed by atoms with Crippen LogP contribution >= 0.6 is 0 Å². The number of nitrogens with one attached hydrogen (secondary N) is 3. The summed E-state index contributed by atoms with van der Waals surface area (Å²) in [7, 11) is -3.67. The maximum atomic E-state index is 14.2. The minimum atomic E-state index is -3.67. The summed E-state index contributed by atoms with van der Waals surface area (Å²) in [4.78, 5) is 13.6. The normalized spacial score (nSPS) is 15.4. The molecule has 3 N–H and O–H groups in total. The SMILES string of the molecule is Cc1ccc(-n2nc(C(C)(C)C)cc2NC(=O)Nc2ccc(C(C3CCNCC3)S(=O)(=O)c3ccc(C(C)(C)C)cc3)cc2)cc1. The van der Waals surface area contributed by atoms with Gasteiger partial charge in [0.15, 0.2) is 9.84 Å². The molecule has 3 aromatic carbocycles. The molecule has 8 nitrogen and oxygen atoms in total. The first-order valence-corrected chi connectivity index (χ1v) is 17.6. The monoisotopic (exact) mass is 641 g/mol. The van der Waals surface area contributed by atoms with E-state index in [1.807, 2.05) is 61.5 Å². The van der Waals surface area contributed by atoms with Crippen molar-refractivity contribution in [1.29, 1.82) is 0 Å². The van der Waals surface area contributed by atoms with Gasteiger partial charge in [0.1, 0.15) is 5.82 Å². The zero-order chi connectivity index (χ0) is 33.3. The van der Waals surface area contributed by atoms with Crippen LogP contribution in [0.3, 0.4) is 0 Å². The highest BCUT2D eigenvalue weighted by molar-refractivity contribution is 7.91. The second kappa shape index (κ2) is 13.0. The molecule has 1 aliphatic heterocycles. The van der Waals surface area contributed by atoms with Gasteiger partial charge in [0.25, 0.3) is 0 Å². The van der Waals surface area contributed by atoms with Crippen molar-refractivity contribution in [3.05, 3.63) is 101 Å². The van der Waals surface area contributed by atoms with Crippen molar-refractivity contribution in [3.8, 4) is 5.69 Å². The Balaban J connectivity index is 1.38. The minimum Gasteiger partial charge on any atom is -0.317 e. The number of benzene rings is 3. The number of aryl methyl sites for hydroxylation is 1. The number of anilines is 2. The lowest BCUT2D eigenvalue weighted by molar-refractivity contribution is 0.262. The van der Waals surface area contributed by atoms with Gasteiger partial charge >= 0.3 is 6.03 Å². The number of sulfone groups is 1. The van der Waals surface area contributed by atoms with Crippen LogP contribution in [0.25, 0.3) is 5.69 Å². The molecule has 46 heavy (non-hydrogen) atoms. The topological polar surface area (TPSA) is 105 Å². The Kier molecular flexibility index (Phi) is 9.47. The molecule has 1 aliphatic rings. The van der Waals surface area contributed by atoms with Crippen LogP contribution in [-0.2, 0) is 20.7 Å². The van der Waals surface area contributed by atoms with Crippen LogP contribution < -0.4 is 16.0 Å². The lowest BCUT2D eigenvalue weighted by Crippen LogP contribution is -2.33. The fourth-order valence-corrected chi connectivity index (χ4v) is 8.00. The maximum Gasteiger partial charge on any atom is 0.324 e. The molecule has 0 saturated carbocycles. The van der Waals surface area contributed by atoms with Crippen LogP contribution in [0, 0.1) is 12.8 Å². The lowest BCUT2D eigenvalue weighted by atomic mass is 9.87. The molecule has 1 unspecified atom stereocenters. The molecule has 4 aromatic rings. The van der Waals surface area contributed by atoms with Gasteiger partial charge in [0, 0.05) is 17.2 Å². The van der Waals surface area contributed by atoms with Gasteiger partial charge in [0.05, 0.1) is 21.5 Å². The molecule has 5 rings (SSSR count). The maximum absolute atomic E-state index is 14.2. The van der Waals surface area contributed by atoms with Crippen LogP contribution in [0.1, 0.15) is 82.0 Å². The molecule has 1 saturated heterocycles. The van der Waals surface area contributed by atoms with E-state index in [1.165, 1.54) is 0 Å². The quantitative estimate of drug-likeness (QED) is 0.190. The number of amides is 2. The first-order valence-electron chi connectivity index (χ1n) is 16.0. The van der Waals surface area contributed by atoms with E-state index in [-0.39, 0.29) is 16.7 Å². The fraction of sp³-hybridized carbons (Fsp3) is 0.405. The number of aromatic nitrogens is 2. The van der Waals surface area contributed by atoms with Gasteiger partial charge in [-0.2, -0.15) is 5.10 Å². The van der Waals surface area contributed by atoms with Crippen molar-refractivity contribution in [2.75, 3.05) is 23.7 Å². The third-order valence-corrected chi connectivity index (χ3v) is 10.9. The second-order valence-electron chi connectivity index (χ2n) is 14.4. The number of hydrogen-bond donors (Lipinski definition) is 3. The molecule has 0 radical (unpaired) electrons. The van der Waals surface area contributed by atoms with Crippen molar-refractivity contribution < 1.29 is 13.2 Å². The second-order valence-corrected chi connectivity index (χ2v) is 16.5. The van der Waals surface area contributed by atoms with Gasteiger partial charge in [-0.05, 0) is 91.7 Å². The zero-order valence-electron chi connectivity index (χ0n) is 28.0. The number of urea groups is 1. The molecule has 2 amide bonds. The number of nitrogens with zero attached hydrogens (tertiary/aromatic N) is 2. The number of carbonyl (C=O) groups is 1. The molecule has 244 valence electrons. The lowest BCUT2D eigenvalue weighted by Gasteiger charge is -2.31. The fourth-order valence-electron chi connectivity index (χ4n) is 5.90. The summed E-state index contributed by atoms with van der Waals surface area (Å²) in [5.41, 5.74) is 4.94. The summed E-state index contributed by atoms with van der Waals surface area (Å²) in [6.45, 7) is 16.2. The number of piperidine rings is 1. The van der Waals surface area contributed by atoms with Gasteiger partial charge in [-0.25, -0.2) is 17.9 Å². The van der Waals surface area contributed by atoms with Gasteiger partial charge in [-0.15, -0.1) is 0 Å². The van der Waals surface area contributed by atoms with Gasteiger partial charge < -0.3 is 10.6 Å². The average molecular weight is 642 g/mol. The first kappa shape index (κ1) is 33.4. The summed E-state index contributed by atoms with van der Waals surface area (Å²) in [6, 6.07) is 24.0. The third-order valence-electron chi connectivity index (χ3n) is 8.69. The molecule has 0 bridgehead atoms. The van der Waals surface area contributed by atoms with Crippen LogP contribution in [0.15, 0.2) is 83.8 Å². The summed E-state index contributed by atoms with van der Waals surface area (Å²) in [6.07, 6.45) is 1.55. The van der Waals surface area contributed by atoms with Crippen LogP contribution in [-0.4, -0.2) is 37.3 Å². The Labute approximate surface area is 273 Å². The van der Waals surface area contributed by atoms with Crippen LogP contribution in [0.5, 0.6) is 0 Å². The molecule has 1 atom stereocenters. The van der Waals surface area contributed by atoms with E-state index in [1.54, 1.807) is 28.9 Å². The summed E-state index contributed by atoms with van der Waals surface area (Å²) in [5.74, 6) is 0.534. The summed E-state index contributed by atoms with van der Waals surface area (Å²) >= 11 is 0. The number of carbonyl (C=O) groups excluding carboxylic acids is 1. The van der Waals surface area contributed by atoms with E-state index in [9.17, 15) is 13.2 Å². The molecule has 1 fully saturated rings. The van der Waals surface area contributed by atoms with Crippen LogP contribution in [0.4, 0.5) is 16.3 Å². The Morgan fingerprint density at radius 2 is 1.46 bits per heavy atom. The average Bonchev–Trinajstić information content (AvgIpc) is 3.43. The molecule has 0 spiro atoms. The predicted molar refractivity (Wildman–Crippen MR) is 187 cm³/mol. The number of rotatable bonds is 7. The summed E-state index contributed by atoms with van der Waals surface area (Å²) < 4.78 is 30.1. The summed E-state index contributed by atoms with van der Waals surface area (Å²) in [5, 5.41) is 13.3. The Bertz CT molecular complexity index is 1760. The Morgan fingerprint density at radius 3 is 2.02 bits per heavy atom. The molecule has 1 aromatic heterocycles. The van der Waals surface area contributed by atoms with Gasteiger partial charge in [-0.1, -0.05) is 83.5 Å². The highest BCUT2D eigenvalue weighted by Gasteiger charge is 2.37. The van der Waals surface area contributed by atoms with E-state index in [0.717, 1.165) is 54.0 Å². The molecular formula is C37H47N5O3S. The number of hydrogen-bond acceptors (Lipinski definition) is 5. The molecule has 0 aliphatic carbocycles. The Hall–Kier alpha value is -3.95. The van der Waals surface area contributed by atoms with Gasteiger partial charge in [0.2, 0.25) is 0 Å². The molecule has 2 heterocycles. The molecule has 9 heteroatoms. The van der Waals surface area contributed by atoms with E-state index >= 15 is 0 Å². The van der Waals surface area contributed by atoms with Crippen molar-refractivity contribution in [2.24, 2.45) is 5.92 Å². The Morgan fingerprint density at radius 1 is 0.848 bits per heavy atom. The first-order chi connectivity index (χ1) is 21.6. The van der Waals surface area contributed by atoms with Crippen molar-refractivity contribution in [1.82, 2.24) is 15.1 Å². The molecular weight excluding hydrogens is 595 g/mol. The van der Waals surface area contributed by atoms with E-state index in [0.29, 0.717) is 16.4 Å². The predicted octanol–water partition coefficient (Wildman–Crippen LogP) is 7.93. The largest absolute Gasteiger partial charge is 0.324 e. The van der Waals surface area contributed by atoms with E-state index in [4.69, 9.17) is 5.10 Å². The third kappa shape index (κ3) is 7.53. The van der Waals surface area contributed by atoms with Crippen molar-refractivity contribution in [2.45, 2.75) is 82.3 Å². The van der Waals surface area contributed by atoms with Gasteiger partial charge in [-0.3, -0.25) is 5.32 Å². The van der Waals surface area contributed by atoms with Crippen molar-refractivity contribution >= 4 is 27.4 Å². The van der Waals surface area contributed by atoms with Crippen LogP contribution in [0.2, 0.25) is 0 Å². The minimum absolute atomic E-state index is 0.0188. The highest BCUT2D eigenvalue weighted by Crippen LogP contribution is 2.40. The van der Waals surface area contributed by atoms with E-state index < -0.39 is 21.1 Å². The zero-order valence-corrected chi connectivity index (χ0v) is 28.8. The van der Waals surface area contributed by atoms with Crippen molar-refractivity contribution in [3.63, 3.8) is 0 Å². The smallest absolute Gasteiger partial charge is 0.317 e. The highest BCUT2D eigenvalue weighted by atomic mass is 32.2. The van der Waals surface area contributed by atoms with E-state index in [2.05, 4.69) is 57.5 Å². The standard InChI is InChI=1S/C37H47N5O3S/c1-25-8-16-30(17-9-25)42-33(24-32(41-42)37(5,6)7)40-35(43)39-29-14-10-26(11-15-29)34(27-20-22-38-23-21-27)46(44,45)31-18-12-28(13-19-31)36(2,3)4/h8-19,24,27,34,38H,20-23H2,1-7H3,(H2,39,40,43).